The molecule has 140 valence electrons. The molecule has 1 aliphatic carbocycles. The highest BCUT2D eigenvalue weighted by Gasteiger charge is 2.19. The van der Waals surface area contributed by atoms with E-state index in [0.29, 0.717) is 27.4 Å². The summed E-state index contributed by atoms with van der Waals surface area (Å²) in [7, 11) is 2.97. The Morgan fingerprint density at radius 2 is 2.15 bits per heavy atom. The Balaban J connectivity index is 1.62. The molecule has 0 bridgehead atoms. The molecule has 0 unspecified atom stereocenters. The van der Waals surface area contributed by atoms with Crippen molar-refractivity contribution < 1.29 is 14.3 Å². The number of carbonyl (C=O) groups excluding carboxylic acids is 1. The van der Waals surface area contributed by atoms with Crippen molar-refractivity contribution in [1.29, 1.82) is 0 Å². The van der Waals surface area contributed by atoms with Crippen LogP contribution in [0.4, 0.5) is 5.13 Å². The Morgan fingerprint density at radius 1 is 1.30 bits per heavy atom. The molecular weight excluding hydrogens is 368 g/mol. The highest BCUT2D eigenvalue weighted by molar-refractivity contribution is 7.15. The van der Waals surface area contributed by atoms with Gasteiger partial charge in [-0.1, -0.05) is 0 Å². The molecule has 0 saturated heterocycles. The number of hydrogen-bond donors (Lipinski definition) is 1. The average molecular weight is 386 g/mol. The molecule has 0 spiro atoms. The van der Waals surface area contributed by atoms with Crippen molar-refractivity contribution in [3.05, 3.63) is 39.3 Å². The molecule has 0 aliphatic heterocycles. The summed E-state index contributed by atoms with van der Waals surface area (Å²) in [5, 5.41) is 8.37. The number of carbonyl (C=O) groups is 1. The lowest BCUT2D eigenvalue weighted by atomic mass is 10.1. The van der Waals surface area contributed by atoms with Gasteiger partial charge in [-0.05, 0) is 31.4 Å². The van der Waals surface area contributed by atoms with Crippen LogP contribution in [-0.4, -0.2) is 34.9 Å². The molecule has 0 saturated carbocycles. The molecule has 1 N–H and O–H groups in total. The minimum Gasteiger partial charge on any atom is -0.493 e. The molecule has 0 radical (unpaired) electrons. The standard InChI is InChI=1S/C18H18N4O4S/c1-25-12-7-6-10-8-19-22(17(24)15(10)16(12)26-2)9-14(23)21-18-20-11-4-3-5-13(11)27-18/h6-8H,3-5,9H2,1-2H3,(H,20,21,23). The lowest BCUT2D eigenvalue weighted by Crippen LogP contribution is -2.29. The van der Waals surface area contributed by atoms with Crippen LogP contribution in [0.3, 0.4) is 0 Å². The third-order valence-corrected chi connectivity index (χ3v) is 5.57. The van der Waals surface area contributed by atoms with Crippen LogP contribution in [0.15, 0.2) is 23.1 Å². The first-order chi connectivity index (χ1) is 13.1. The van der Waals surface area contributed by atoms with Crippen molar-refractivity contribution in [1.82, 2.24) is 14.8 Å². The maximum atomic E-state index is 12.8. The molecule has 0 atom stereocenters. The Morgan fingerprint density at radius 3 is 2.89 bits per heavy atom. The summed E-state index contributed by atoms with van der Waals surface area (Å²) in [5.41, 5.74) is 0.646. The zero-order valence-corrected chi connectivity index (χ0v) is 15.8. The monoisotopic (exact) mass is 386 g/mol. The summed E-state index contributed by atoms with van der Waals surface area (Å²) < 4.78 is 11.7. The fraction of sp³-hybridized carbons (Fsp3) is 0.333. The van der Waals surface area contributed by atoms with Gasteiger partial charge in [0, 0.05) is 10.3 Å². The van der Waals surface area contributed by atoms with E-state index in [1.165, 1.54) is 36.6 Å². The summed E-state index contributed by atoms with van der Waals surface area (Å²) in [6, 6.07) is 3.44. The van der Waals surface area contributed by atoms with E-state index in [1.807, 2.05) is 0 Å². The maximum absolute atomic E-state index is 12.8. The molecule has 8 nitrogen and oxygen atoms in total. The van der Waals surface area contributed by atoms with E-state index in [2.05, 4.69) is 15.4 Å². The number of aromatic nitrogens is 3. The number of nitrogens with one attached hydrogen (secondary N) is 1. The Bertz CT molecular complexity index is 1070. The predicted molar refractivity (Wildman–Crippen MR) is 102 cm³/mol. The van der Waals surface area contributed by atoms with Crippen LogP contribution in [0.1, 0.15) is 17.0 Å². The van der Waals surface area contributed by atoms with Crippen molar-refractivity contribution in [2.75, 3.05) is 19.5 Å². The molecule has 0 fully saturated rings. The van der Waals surface area contributed by atoms with Crippen molar-refractivity contribution in [2.24, 2.45) is 0 Å². The van der Waals surface area contributed by atoms with Crippen molar-refractivity contribution in [3.63, 3.8) is 0 Å². The van der Waals surface area contributed by atoms with Gasteiger partial charge in [-0.15, -0.1) is 11.3 Å². The molecule has 2 aromatic heterocycles. The van der Waals surface area contributed by atoms with Crippen molar-refractivity contribution >= 4 is 33.1 Å². The number of benzene rings is 1. The van der Waals surface area contributed by atoms with Gasteiger partial charge in [-0.25, -0.2) is 9.67 Å². The summed E-state index contributed by atoms with van der Waals surface area (Å²) in [6.07, 6.45) is 4.61. The molecule has 2 heterocycles. The molecule has 4 rings (SSSR count). The van der Waals surface area contributed by atoms with Crippen LogP contribution in [0, 0.1) is 0 Å². The first-order valence-corrected chi connectivity index (χ1v) is 9.31. The van der Waals surface area contributed by atoms with Crippen LogP contribution in [0.2, 0.25) is 0 Å². The summed E-state index contributed by atoms with van der Waals surface area (Å²) in [6.45, 7) is -0.209. The van der Waals surface area contributed by atoms with Gasteiger partial charge in [-0.2, -0.15) is 5.10 Å². The molecule has 9 heteroatoms. The minimum absolute atomic E-state index is 0.209. The number of ether oxygens (including phenoxy) is 2. The normalized spacial score (nSPS) is 12.8. The number of amides is 1. The smallest absolute Gasteiger partial charge is 0.279 e. The Labute approximate surface area is 158 Å². The first kappa shape index (κ1) is 17.5. The van der Waals surface area contributed by atoms with E-state index in [4.69, 9.17) is 9.47 Å². The number of thiazole rings is 1. The van der Waals surface area contributed by atoms with Gasteiger partial charge in [0.25, 0.3) is 5.56 Å². The zero-order chi connectivity index (χ0) is 19.0. The van der Waals surface area contributed by atoms with Crippen molar-refractivity contribution in [3.8, 4) is 11.5 Å². The van der Waals surface area contributed by atoms with E-state index >= 15 is 0 Å². The summed E-state index contributed by atoms with van der Waals surface area (Å²) in [5.74, 6) is 0.424. The lowest BCUT2D eigenvalue weighted by Gasteiger charge is -2.11. The average Bonchev–Trinajstić information content (AvgIpc) is 3.24. The van der Waals surface area contributed by atoms with E-state index in [-0.39, 0.29) is 12.5 Å². The predicted octanol–water partition coefficient (Wildman–Crippen LogP) is 2.00. The second-order valence-electron chi connectivity index (χ2n) is 6.16. The Hall–Kier alpha value is -2.94. The second-order valence-corrected chi connectivity index (χ2v) is 7.25. The molecule has 1 aliphatic rings. The van der Waals surface area contributed by atoms with Gasteiger partial charge in [0.2, 0.25) is 5.91 Å². The van der Waals surface area contributed by atoms with Gasteiger partial charge >= 0.3 is 0 Å². The summed E-state index contributed by atoms with van der Waals surface area (Å²) >= 11 is 1.49. The maximum Gasteiger partial charge on any atom is 0.279 e. The molecular formula is C18H18N4O4S. The SMILES string of the molecule is COc1ccc2cnn(CC(=O)Nc3nc4c(s3)CCC4)c(=O)c2c1OC. The number of aryl methyl sites for hydroxylation is 2. The van der Waals surface area contributed by atoms with E-state index in [0.717, 1.165) is 29.6 Å². The fourth-order valence-corrected chi connectivity index (χ4v) is 4.30. The number of anilines is 1. The van der Waals surface area contributed by atoms with E-state index < -0.39 is 5.56 Å². The van der Waals surface area contributed by atoms with Gasteiger partial charge < -0.3 is 14.8 Å². The fourth-order valence-electron chi connectivity index (χ4n) is 3.24. The minimum atomic E-state index is -0.417. The van der Waals surface area contributed by atoms with Gasteiger partial charge in [0.1, 0.15) is 6.54 Å². The van der Waals surface area contributed by atoms with Crippen molar-refractivity contribution in [2.45, 2.75) is 25.8 Å². The topological polar surface area (TPSA) is 95.3 Å². The van der Waals surface area contributed by atoms with E-state index in [1.54, 1.807) is 12.1 Å². The van der Waals surface area contributed by atoms with Crippen LogP contribution in [0.25, 0.3) is 10.8 Å². The molecule has 1 aromatic carbocycles. The number of methoxy groups -OCH3 is 2. The van der Waals surface area contributed by atoms with Crippen LogP contribution in [0.5, 0.6) is 11.5 Å². The van der Waals surface area contributed by atoms with Gasteiger partial charge in [0.15, 0.2) is 16.6 Å². The Kier molecular flexibility index (Phi) is 4.53. The van der Waals surface area contributed by atoms with Crippen LogP contribution >= 0.6 is 11.3 Å². The summed E-state index contributed by atoms with van der Waals surface area (Å²) in [4.78, 5) is 30.9. The molecule has 27 heavy (non-hydrogen) atoms. The quantitative estimate of drug-likeness (QED) is 0.721. The zero-order valence-electron chi connectivity index (χ0n) is 14.9. The van der Waals surface area contributed by atoms with Gasteiger partial charge in [0.05, 0.1) is 31.5 Å². The van der Waals surface area contributed by atoms with Gasteiger partial charge in [-0.3, -0.25) is 9.59 Å². The van der Waals surface area contributed by atoms with Crippen LogP contribution < -0.4 is 20.3 Å². The largest absolute Gasteiger partial charge is 0.493 e. The van der Waals surface area contributed by atoms with Crippen LogP contribution in [-0.2, 0) is 24.2 Å². The lowest BCUT2D eigenvalue weighted by molar-refractivity contribution is -0.117. The molecule has 1 amide bonds. The highest BCUT2D eigenvalue weighted by atomic mass is 32.1. The van der Waals surface area contributed by atoms with E-state index in [9.17, 15) is 9.59 Å². The first-order valence-electron chi connectivity index (χ1n) is 8.50. The third-order valence-electron chi connectivity index (χ3n) is 4.50. The second kappa shape index (κ2) is 6.99. The molecule has 3 aromatic rings. The number of hydrogen-bond acceptors (Lipinski definition) is 7. The number of fused-ring (bicyclic) bond motifs is 2. The number of nitrogens with zero attached hydrogens (tertiary/aromatic N) is 3. The highest BCUT2D eigenvalue weighted by Crippen LogP contribution is 2.33. The number of rotatable bonds is 5. The third kappa shape index (κ3) is 3.14.